The Morgan fingerprint density at radius 2 is 2.10 bits per heavy atom. The van der Waals surface area contributed by atoms with E-state index in [4.69, 9.17) is 4.74 Å². The number of ether oxygens (including phenoxy) is 1. The zero-order valence-electron chi connectivity index (χ0n) is 12.1. The largest absolute Gasteiger partial charge is 0.375 e. The fourth-order valence-corrected chi connectivity index (χ4v) is 6.01. The summed E-state index contributed by atoms with van der Waals surface area (Å²) in [5.74, 6) is 0.529. The van der Waals surface area contributed by atoms with E-state index in [1.165, 1.54) is 28.7 Å². The van der Waals surface area contributed by atoms with E-state index in [0.717, 1.165) is 37.2 Å². The molecule has 2 aromatic rings. The Labute approximate surface area is 133 Å². The lowest BCUT2D eigenvalue weighted by Gasteiger charge is -2.43. The van der Waals surface area contributed by atoms with Crippen LogP contribution in [0.5, 0.6) is 0 Å². The third-order valence-corrected chi connectivity index (χ3v) is 7.12. The van der Waals surface area contributed by atoms with Crippen molar-refractivity contribution in [3.63, 3.8) is 0 Å². The molecule has 4 rings (SSSR count). The normalized spacial score (nSPS) is 25.4. The molecule has 2 aliphatic rings. The number of ketones is 1. The second-order valence-electron chi connectivity index (χ2n) is 6.41. The van der Waals surface area contributed by atoms with Crippen LogP contribution in [0, 0.1) is 5.92 Å². The lowest BCUT2D eigenvalue weighted by molar-refractivity contribution is -0.111. The molecular formula is C17H20O2S2. The molecule has 2 nitrogen and oxygen atoms in total. The number of hydrogen-bond donors (Lipinski definition) is 0. The molecule has 1 aliphatic heterocycles. The Bertz CT molecular complexity index is 615. The van der Waals surface area contributed by atoms with Crippen molar-refractivity contribution in [3.05, 3.63) is 22.4 Å². The summed E-state index contributed by atoms with van der Waals surface area (Å²) in [6.07, 6.45) is 7.98. The second kappa shape index (κ2) is 5.49. The van der Waals surface area contributed by atoms with Gasteiger partial charge in [0.25, 0.3) is 0 Å². The van der Waals surface area contributed by atoms with Crippen molar-refractivity contribution in [1.82, 2.24) is 0 Å². The van der Waals surface area contributed by atoms with Gasteiger partial charge in [0.1, 0.15) is 0 Å². The zero-order chi connectivity index (χ0) is 14.3. The summed E-state index contributed by atoms with van der Waals surface area (Å²) >= 11 is 3.39. The topological polar surface area (TPSA) is 26.3 Å². The Morgan fingerprint density at radius 3 is 2.90 bits per heavy atom. The van der Waals surface area contributed by atoms with Gasteiger partial charge < -0.3 is 4.74 Å². The summed E-state index contributed by atoms with van der Waals surface area (Å²) in [4.78, 5) is 13.8. The van der Waals surface area contributed by atoms with Crippen molar-refractivity contribution < 1.29 is 9.53 Å². The van der Waals surface area contributed by atoms with Crippen LogP contribution in [-0.4, -0.2) is 18.0 Å². The molecule has 0 radical (unpaired) electrons. The molecule has 4 heteroatoms. The van der Waals surface area contributed by atoms with E-state index in [0.29, 0.717) is 5.78 Å². The van der Waals surface area contributed by atoms with E-state index in [1.54, 1.807) is 22.7 Å². The van der Waals surface area contributed by atoms with Crippen LogP contribution in [0.3, 0.4) is 0 Å². The highest BCUT2D eigenvalue weighted by Gasteiger charge is 2.41. The van der Waals surface area contributed by atoms with Gasteiger partial charge >= 0.3 is 0 Å². The highest BCUT2D eigenvalue weighted by atomic mass is 32.1. The van der Waals surface area contributed by atoms with Gasteiger partial charge in [-0.05, 0) is 43.2 Å². The number of carbonyl (C=O) groups is 1. The first-order valence-corrected chi connectivity index (χ1v) is 9.61. The highest BCUT2D eigenvalue weighted by Crippen LogP contribution is 2.42. The first-order chi connectivity index (χ1) is 10.3. The molecule has 3 heterocycles. The maximum absolute atomic E-state index is 12.9. The number of fused-ring (bicyclic) bond motifs is 1. The van der Waals surface area contributed by atoms with Gasteiger partial charge in [-0.25, -0.2) is 0 Å². The molecular weight excluding hydrogens is 300 g/mol. The van der Waals surface area contributed by atoms with Crippen LogP contribution >= 0.6 is 22.7 Å². The van der Waals surface area contributed by atoms with Gasteiger partial charge in [-0.1, -0.05) is 19.3 Å². The standard InChI is InChI=1S/C17H20O2S2/c18-16(15-10-14-13(21-15)5-9-20-14)12-4-8-19-17(11-12)6-2-1-3-7-17/h5,9-10,12H,1-4,6-8,11H2. The molecule has 1 saturated heterocycles. The average molecular weight is 320 g/mol. The second-order valence-corrected chi connectivity index (χ2v) is 8.44. The maximum atomic E-state index is 12.9. The third kappa shape index (κ3) is 2.58. The van der Waals surface area contributed by atoms with Gasteiger partial charge in [-0.3, -0.25) is 4.79 Å². The van der Waals surface area contributed by atoms with Gasteiger partial charge in [-0.15, -0.1) is 22.7 Å². The summed E-state index contributed by atoms with van der Waals surface area (Å²) in [6.45, 7) is 0.760. The Kier molecular flexibility index (Phi) is 3.64. The third-order valence-electron chi connectivity index (χ3n) is 5.01. The molecule has 0 bridgehead atoms. The van der Waals surface area contributed by atoms with Crippen molar-refractivity contribution in [1.29, 1.82) is 0 Å². The predicted molar refractivity (Wildman–Crippen MR) is 88.5 cm³/mol. The monoisotopic (exact) mass is 320 g/mol. The first-order valence-electron chi connectivity index (χ1n) is 7.91. The average Bonchev–Trinajstić information content (AvgIpc) is 3.08. The molecule has 1 saturated carbocycles. The summed E-state index contributed by atoms with van der Waals surface area (Å²) < 4.78 is 8.63. The molecule has 0 N–H and O–H groups in total. The minimum atomic E-state index is 0.0193. The lowest BCUT2D eigenvalue weighted by Crippen LogP contribution is -2.43. The predicted octanol–water partition coefficient (Wildman–Crippen LogP) is 5.28. The zero-order valence-corrected chi connectivity index (χ0v) is 13.7. The molecule has 0 aromatic carbocycles. The van der Waals surface area contributed by atoms with Gasteiger partial charge in [0.2, 0.25) is 0 Å². The summed E-state index contributed by atoms with van der Waals surface area (Å²) in [6, 6.07) is 4.21. The summed E-state index contributed by atoms with van der Waals surface area (Å²) in [7, 11) is 0. The fraction of sp³-hybridized carbons (Fsp3) is 0.588. The van der Waals surface area contributed by atoms with Gasteiger partial charge in [0.15, 0.2) is 5.78 Å². The molecule has 2 fully saturated rings. The molecule has 1 aliphatic carbocycles. The van der Waals surface area contributed by atoms with Crippen LogP contribution in [0.4, 0.5) is 0 Å². The molecule has 1 unspecified atom stereocenters. The van der Waals surface area contributed by atoms with Crippen molar-refractivity contribution in [3.8, 4) is 0 Å². The Hall–Kier alpha value is -0.710. The van der Waals surface area contributed by atoms with Crippen LogP contribution in [-0.2, 0) is 4.74 Å². The van der Waals surface area contributed by atoms with Crippen LogP contribution in [0.25, 0.3) is 9.40 Å². The minimum Gasteiger partial charge on any atom is -0.375 e. The SMILES string of the molecule is O=C(c1cc2sccc2s1)C1CCOC2(CCCCC2)C1. The summed E-state index contributed by atoms with van der Waals surface area (Å²) in [5.41, 5.74) is 0.0193. The van der Waals surface area contributed by atoms with Crippen LogP contribution in [0.1, 0.15) is 54.6 Å². The van der Waals surface area contributed by atoms with Crippen molar-refractivity contribution in [2.24, 2.45) is 5.92 Å². The van der Waals surface area contributed by atoms with Crippen molar-refractivity contribution in [2.75, 3.05) is 6.61 Å². The molecule has 112 valence electrons. The van der Waals surface area contributed by atoms with E-state index < -0.39 is 0 Å². The minimum absolute atomic E-state index is 0.0193. The number of thiophene rings is 2. The van der Waals surface area contributed by atoms with Gasteiger partial charge in [0, 0.05) is 21.9 Å². The van der Waals surface area contributed by atoms with E-state index in [1.807, 2.05) is 0 Å². The smallest absolute Gasteiger partial charge is 0.176 e. The Morgan fingerprint density at radius 1 is 1.24 bits per heavy atom. The molecule has 2 aromatic heterocycles. The Balaban J connectivity index is 1.54. The number of Topliss-reactive ketones (excluding diaryl/α,β-unsaturated/α-hetero) is 1. The quantitative estimate of drug-likeness (QED) is 0.704. The van der Waals surface area contributed by atoms with Gasteiger partial charge in [0.05, 0.1) is 10.5 Å². The number of hydrogen-bond acceptors (Lipinski definition) is 4. The molecule has 0 amide bonds. The first kappa shape index (κ1) is 13.9. The van der Waals surface area contributed by atoms with Crippen LogP contribution in [0.15, 0.2) is 17.5 Å². The van der Waals surface area contributed by atoms with E-state index in [9.17, 15) is 4.79 Å². The molecule has 1 spiro atoms. The van der Waals surface area contributed by atoms with Gasteiger partial charge in [-0.2, -0.15) is 0 Å². The van der Waals surface area contributed by atoms with Crippen LogP contribution < -0.4 is 0 Å². The lowest BCUT2D eigenvalue weighted by atomic mass is 9.75. The van der Waals surface area contributed by atoms with Crippen molar-refractivity contribution in [2.45, 2.75) is 50.5 Å². The van der Waals surface area contributed by atoms with E-state index >= 15 is 0 Å². The highest BCUT2D eigenvalue weighted by molar-refractivity contribution is 7.27. The molecule has 21 heavy (non-hydrogen) atoms. The van der Waals surface area contributed by atoms with E-state index in [2.05, 4.69) is 17.5 Å². The van der Waals surface area contributed by atoms with Crippen LogP contribution in [0.2, 0.25) is 0 Å². The fourth-order valence-electron chi connectivity index (χ4n) is 3.88. The number of carbonyl (C=O) groups excluding carboxylic acids is 1. The summed E-state index contributed by atoms with van der Waals surface area (Å²) in [5, 5.41) is 2.10. The van der Waals surface area contributed by atoms with E-state index in [-0.39, 0.29) is 11.5 Å². The maximum Gasteiger partial charge on any atom is 0.176 e. The van der Waals surface area contributed by atoms with Crippen molar-refractivity contribution >= 4 is 37.9 Å². The molecule has 1 atom stereocenters. The number of rotatable bonds is 2.